The van der Waals surface area contributed by atoms with Gasteiger partial charge in [0, 0.05) is 24.9 Å². The van der Waals surface area contributed by atoms with Crippen LogP contribution in [0.15, 0.2) is 18.3 Å². The molecule has 0 spiro atoms. The molecule has 1 aliphatic rings. The number of carbonyl (C=O) groups excluding carboxylic acids is 1. The minimum Gasteiger partial charge on any atom is -0.466 e. The molecule has 2 rings (SSSR count). The molecule has 1 aromatic rings. The average molecular weight is 179 g/mol. The van der Waals surface area contributed by atoms with Crippen LogP contribution in [0.4, 0.5) is 0 Å². The van der Waals surface area contributed by atoms with Gasteiger partial charge in [-0.05, 0) is 19.1 Å². The summed E-state index contributed by atoms with van der Waals surface area (Å²) >= 11 is 0. The first-order chi connectivity index (χ1) is 6.31. The Balaban J connectivity index is 2.01. The number of carbonyl (C=O) groups is 1. The molecule has 0 bridgehead atoms. The minimum atomic E-state index is -0.0637. The number of aromatic nitrogens is 1. The molecule has 70 valence electrons. The van der Waals surface area contributed by atoms with E-state index in [4.69, 9.17) is 4.74 Å². The first-order valence-electron chi connectivity index (χ1n) is 4.62. The smallest absolute Gasteiger partial charge is 0.311 e. The van der Waals surface area contributed by atoms with Crippen molar-refractivity contribution in [2.24, 2.45) is 5.92 Å². The van der Waals surface area contributed by atoms with E-state index in [1.165, 1.54) is 5.69 Å². The maximum absolute atomic E-state index is 11.4. The third-order valence-corrected chi connectivity index (χ3v) is 2.42. The summed E-state index contributed by atoms with van der Waals surface area (Å²) in [5.41, 5.74) is 1.23. The van der Waals surface area contributed by atoms with Crippen LogP contribution in [0.2, 0.25) is 0 Å². The summed E-state index contributed by atoms with van der Waals surface area (Å²) in [7, 11) is 0. The average Bonchev–Trinajstić information content (AvgIpc) is 2.61. The van der Waals surface area contributed by atoms with Crippen LogP contribution in [0.1, 0.15) is 12.6 Å². The van der Waals surface area contributed by atoms with Crippen LogP contribution < -0.4 is 0 Å². The highest BCUT2D eigenvalue weighted by Gasteiger charge is 2.27. The van der Waals surface area contributed by atoms with Crippen LogP contribution in [-0.4, -0.2) is 17.1 Å². The standard InChI is InChI=1S/C10H13NO2/c1-2-13-10(12)8-6-9-4-3-5-11(9)7-8/h3-5,8H,2,6-7H2,1H3. The van der Waals surface area contributed by atoms with E-state index in [1.54, 1.807) is 0 Å². The Labute approximate surface area is 77.3 Å². The molecule has 3 heteroatoms. The molecule has 13 heavy (non-hydrogen) atoms. The van der Waals surface area contributed by atoms with E-state index in [0.29, 0.717) is 6.61 Å². The van der Waals surface area contributed by atoms with Crippen LogP contribution >= 0.6 is 0 Å². The van der Waals surface area contributed by atoms with Gasteiger partial charge in [0.15, 0.2) is 0 Å². The van der Waals surface area contributed by atoms with E-state index in [2.05, 4.69) is 10.6 Å². The molecule has 0 amide bonds. The van der Waals surface area contributed by atoms with Crippen molar-refractivity contribution in [2.45, 2.75) is 19.9 Å². The summed E-state index contributed by atoms with van der Waals surface area (Å²) in [5, 5.41) is 0. The summed E-state index contributed by atoms with van der Waals surface area (Å²) in [6.07, 6.45) is 2.83. The lowest BCUT2D eigenvalue weighted by atomic mass is 10.1. The summed E-state index contributed by atoms with van der Waals surface area (Å²) in [5.74, 6) is -0.0256. The summed E-state index contributed by atoms with van der Waals surface area (Å²) < 4.78 is 7.09. The minimum absolute atomic E-state index is 0.0381. The molecule has 1 aliphatic heterocycles. The maximum Gasteiger partial charge on any atom is 0.311 e. The lowest BCUT2D eigenvalue weighted by Crippen LogP contribution is -2.18. The van der Waals surface area contributed by atoms with Gasteiger partial charge in [0.05, 0.1) is 12.5 Å². The molecule has 1 aromatic heterocycles. The second kappa shape index (κ2) is 3.24. The Morgan fingerprint density at radius 2 is 2.62 bits per heavy atom. The first-order valence-corrected chi connectivity index (χ1v) is 4.62. The topological polar surface area (TPSA) is 31.2 Å². The molecule has 0 radical (unpaired) electrons. The number of ether oxygens (including phenoxy) is 1. The van der Waals surface area contributed by atoms with Crippen molar-refractivity contribution in [2.75, 3.05) is 6.61 Å². The van der Waals surface area contributed by atoms with E-state index < -0.39 is 0 Å². The lowest BCUT2D eigenvalue weighted by molar-refractivity contribution is -0.147. The Kier molecular flexibility index (Phi) is 2.08. The fourth-order valence-corrected chi connectivity index (χ4v) is 1.79. The molecule has 3 nitrogen and oxygen atoms in total. The Bertz CT molecular complexity index is 296. The number of hydrogen-bond acceptors (Lipinski definition) is 2. The fourth-order valence-electron chi connectivity index (χ4n) is 1.79. The maximum atomic E-state index is 11.4. The van der Waals surface area contributed by atoms with Gasteiger partial charge in [-0.15, -0.1) is 0 Å². The van der Waals surface area contributed by atoms with Gasteiger partial charge in [0.25, 0.3) is 0 Å². The number of esters is 1. The SMILES string of the molecule is CCOC(=O)C1Cc2cccn2C1. The zero-order chi connectivity index (χ0) is 9.26. The second-order valence-corrected chi connectivity index (χ2v) is 3.30. The predicted octanol–water partition coefficient (Wildman–Crippen LogP) is 1.22. The third kappa shape index (κ3) is 1.46. The second-order valence-electron chi connectivity index (χ2n) is 3.30. The molecule has 0 saturated carbocycles. The molecule has 0 N–H and O–H groups in total. The van der Waals surface area contributed by atoms with Gasteiger partial charge in [-0.1, -0.05) is 0 Å². The van der Waals surface area contributed by atoms with Gasteiger partial charge in [0.1, 0.15) is 0 Å². The van der Waals surface area contributed by atoms with Crippen LogP contribution in [-0.2, 0) is 22.5 Å². The molecule has 0 aliphatic carbocycles. The van der Waals surface area contributed by atoms with Crippen molar-refractivity contribution in [3.8, 4) is 0 Å². The van der Waals surface area contributed by atoms with Crippen molar-refractivity contribution >= 4 is 5.97 Å². The predicted molar refractivity (Wildman–Crippen MR) is 48.3 cm³/mol. The highest BCUT2D eigenvalue weighted by Crippen LogP contribution is 2.21. The van der Waals surface area contributed by atoms with Gasteiger partial charge < -0.3 is 9.30 Å². The fraction of sp³-hybridized carbons (Fsp3) is 0.500. The molecule has 2 heterocycles. The summed E-state index contributed by atoms with van der Waals surface area (Å²) in [4.78, 5) is 11.4. The normalized spacial score (nSPS) is 19.9. The van der Waals surface area contributed by atoms with Gasteiger partial charge in [-0.3, -0.25) is 4.79 Å². The third-order valence-electron chi connectivity index (χ3n) is 2.42. The number of nitrogens with zero attached hydrogens (tertiary/aromatic N) is 1. The Hall–Kier alpha value is -1.25. The van der Waals surface area contributed by atoms with Crippen molar-refractivity contribution in [3.05, 3.63) is 24.0 Å². The molecule has 0 aromatic carbocycles. The molecule has 0 fully saturated rings. The van der Waals surface area contributed by atoms with Crippen LogP contribution in [0.25, 0.3) is 0 Å². The molecule has 1 unspecified atom stereocenters. The van der Waals surface area contributed by atoms with Gasteiger partial charge in [-0.25, -0.2) is 0 Å². The molecule has 1 atom stereocenters. The van der Waals surface area contributed by atoms with E-state index >= 15 is 0 Å². The Morgan fingerprint density at radius 1 is 1.77 bits per heavy atom. The van der Waals surface area contributed by atoms with Crippen LogP contribution in [0.5, 0.6) is 0 Å². The van der Waals surface area contributed by atoms with Crippen molar-refractivity contribution in [1.82, 2.24) is 4.57 Å². The monoisotopic (exact) mass is 179 g/mol. The van der Waals surface area contributed by atoms with Gasteiger partial charge in [-0.2, -0.15) is 0 Å². The number of rotatable bonds is 2. The number of fused-ring (bicyclic) bond motifs is 1. The highest BCUT2D eigenvalue weighted by atomic mass is 16.5. The van der Waals surface area contributed by atoms with E-state index in [1.807, 2.05) is 19.2 Å². The molecular weight excluding hydrogens is 166 g/mol. The van der Waals surface area contributed by atoms with E-state index in [9.17, 15) is 4.79 Å². The van der Waals surface area contributed by atoms with E-state index in [0.717, 1.165) is 13.0 Å². The quantitative estimate of drug-likeness (QED) is 0.639. The van der Waals surface area contributed by atoms with Crippen molar-refractivity contribution in [1.29, 1.82) is 0 Å². The van der Waals surface area contributed by atoms with Crippen LogP contribution in [0, 0.1) is 5.92 Å². The van der Waals surface area contributed by atoms with Gasteiger partial charge in [0.2, 0.25) is 0 Å². The van der Waals surface area contributed by atoms with Crippen molar-refractivity contribution < 1.29 is 9.53 Å². The van der Waals surface area contributed by atoms with Crippen molar-refractivity contribution in [3.63, 3.8) is 0 Å². The lowest BCUT2D eigenvalue weighted by Gasteiger charge is -2.06. The van der Waals surface area contributed by atoms with E-state index in [-0.39, 0.29) is 11.9 Å². The van der Waals surface area contributed by atoms with Gasteiger partial charge >= 0.3 is 5.97 Å². The Morgan fingerprint density at radius 3 is 3.31 bits per heavy atom. The first kappa shape index (κ1) is 8.35. The zero-order valence-corrected chi connectivity index (χ0v) is 7.69. The molecule has 0 saturated heterocycles. The largest absolute Gasteiger partial charge is 0.466 e. The summed E-state index contributed by atoms with van der Waals surface area (Å²) in [6.45, 7) is 3.10. The summed E-state index contributed by atoms with van der Waals surface area (Å²) in [6, 6.07) is 4.07. The zero-order valence-electron chi connectivity index (χ0n) is 7.69. The number of hydrogen-bond donors (Lipinski definition) is 0. The molecular formula is C10H13NO2. The van der Waals surface area contributed by atoms with Crippen LogP contribution in [0.3, 0.4) is 0 Å². The highest BCUT2D eigenvalue weighted by molar-refractivity contribution is 5.73.